The number of hydrogen-bond acceptors (Lipinski definition) is 4. The third-order valence-electron chi connectivity index (χ3n) is 2.72. The van der Waals surface area contributed by atoms with Crippen molar-refractivity contribution in [1.29, 1.82) is 0 Å². The zero-order valence-electron chi connectivity index (χ0n) is 10.8. The Morgan fingerprint density at radius 1 is 1.44 bits per heavy atom. The quantitative estimate of drug-likeness (QED) is 0.795. The summed E-state index contributed by atoms with van der Waals surface area (Å²) < 4.78 is 4.97. The third-order valence-corrected chi connectivity index (χ3v) is 2.72. The molecule has 1 atom stereocenters. The van der Waals surface area contributed by atoms with Gasteiger partial charge in [-0.3, -0.25) is 9.59 Å². The molecule has 0 aliphatic rings. The van der Waals surface area contributed by atoms with Crippen LogP contribution in [0.15, 0.2) is 4.52 Å². The van der Waals surface area contributed by atoms with Crippen molar-refractivity contribution in [2.75, 3.05) is 0 Å². The SMILES string of the molecule is Cc1noc(C)c1CC(=O)NC(C)CCC(=O)O. The van der Waals surface area contributed by atoms with Gasteiger partial charge >= 0.3 is 5.97 Å². The van der Waals surface area contributed by atoms with Gasteiger partial charge in [0.15, 0.2) is 0 Å². The zero-order chi connectivity index (χ0) is 13.7. The number of aryl methyl sites for hydroxylation is 2. The molecule has 0 spiro atoms. The van der Waals surface area contributed by atoms with Crippen molar-refractivity contribution in [2.45, 2.75) is 46.1 Å². The van der Waals surface area contributed by atoms with Crippen LogP contribution in [0.4, 0.5) is 0 Å². The molecule has 0 aliphatic carbocycles. The van der Waals surface area contributed by atoms with Crippen molar-refractivity contribution in [2.24, 2.45) is 0 Å². The summed E-state index contributed by atoms with van der Waals surface area (Å²) in [7, 11) is 0. The number of amides is 1. The molecule has 1 aromatic heterocycles. The number of hydrogen-bond donors (Lipinski definition) is 2. The van der Waals surface area contributed by atoms with Crippen LogP contribution in [-0.2, 0) is 16.0 Å². The highest BCUT2D eigenvalue weighted by atomic mass is 16.5. The van der Waals surface area contributed by atoms with Gasteiger partial charge in [-0.05, 0) is 27.2 Å². The van der Waals surface area contributed by atoms with E-state index in [2.05, 4.69) is 10.5 Å². The van der Waals surface area contributed by atoms with Gasteiger partial charge in [-0.15, -0.1) is 0 Å². The Morgan fingerprint density at radius 3 is 2.61 bits per heavy atom. The summed E-state index contributed by atoms with van der Waals surface area (Å²) in [5, 5.41) is 15.1. The second-order valence-electron chi connectivity index (χ2n) is 4.38. The molecular formula is C12H18N2O4. The lowest BCUT2D eigenvalue weighted by molar-refractivity contribution is -0.137. The van der Waals surface area contributed by atoms with Crippen LogP contribution in [0.25, 0.3) is 0 Å². The lowest BCUT2D eigenvalue weighted by Crippen LogP contribution is -2.34. The largest absolute Gasteiger partial charge is 0.481 e. The standard InChI is InChI=1S/C12H18N2O4/c1-7(4-5-12(16)17)13-11(15)6-10-8(2)14-18-9(10)3/h7H,4-6H2,1-3H3,(H,13,15)(H,16,17). The number of carboxylic acids is 1. The van der Waals surface area contributed by atoms with Crippen molar-refractivity contribution in [3.8, 4) is 0 Å². The zero-order valence-corrected chi connectivity index (χ0v) is 10.8. The molecule has 1 amide bonds. The number of nitrogens with zero attached hydrogens (tertiary/aromatic N) is 1. The minimum absolute atomic E-state index is 0.0484. The topological polar surface area (TPSA) is 92.4 Å². The van der Waals surface area contributed by atoms with Crippen LogP contribution >= 0.6 is 0 Å². The number of aliphatic carboxylic acids is 1. The highest BCUT2D eigenvalue weighted by Gasteiger charge is 2.15. The van der Waals surface area contributed by atoms with Crippen LogP contribution in [0.3, 0.4) is 0 Å². The molecule has 1 heterocycles. The molecule has 1 rings (SSSR count). The van der Waals surface area contributed by atoms with Crippen LogP contribution in [0, 0.1) is 13.8 Å². The van der Waals surface area contributed by atoms with E-state index in [-0.39, 0.29) is 24.8 Å². The molecular weight excluding hydrogens is 236 g/mol. The number of rotatable bonds is 6. The molecule has 0 aromatic carbocycles. The fraction of sp³-hybridized carbons (Fsp3) is 0.583. The van der Waals surface area contributed by atoms with E-state index in [9.17, 15) is 9.59 Å². The minimum atomic E-state index is -0.859. The maximum atomic E-state index is 11.7. The first-order valence-corrected chi connectivity index (χ1v) is 5.83. The average Bonchev–Trinajstić information content (AvgIpc) is 2.58. The monoisotopic (exact) mass is 254 g/mol. The van der Waals surface area contributed by atoms with Crippen LogP contribution in [-0.4, -0.2) is 28.2 Å². The predicted octanol–water partition coefficient (Wildman–Crippen LogP) is 1.20. The van der Waals surface area contributed by atoms with Crippen LogP contribution < -0.4 is 5.32 Å². The summed E-state index contributed by atoms with van der Waals surface area (Å²) in [6, 6.07) is -0.158. The number of aromatic nitrogens is 1. The Kier molecular flexibility index (Phi) is 4.88. The van der Waals surface area contributed by atoms with E-state index >= 15 is 0 Å². The Hall–Kier alpha value is -1.85. The minimum Gasteiger partial charge on any atom is -0.481 e. The maximum absolute atomic E-state index is 11.7. The second-order valence-corrected chi connectivity index (χ2v) is 4.38. The van der Waals surface area contributed by atoms with Gasteiger partial charge in [0.05, 0.1) is 12.1 Å². The lowest BCUT2D eigenvalue weighted by Gasteiger charge is -2.12. The summed E-state index contributed by atoms with van der Waals surface area (Å²) >= 11 is 0. The van der Waals surface area contributed by atoms with E-state index in [1.54, 1.807) is 20.8 Å². The molecule has 2 N–H and O–H groups in total. The van der Waals surface area contributed by atoms with E-state index in [0.29, 0.717) is 17.9 Å². The molecule has 0 aliphatic heterocycles. The fourth-order valence-corrected chi connectivity index (χ4v) is 1.65. The Bertz CT molecular complexity index is 420. The van der Waals surface area contributed by atoms with Gasteiger partial charge < -0.3 is 14.9 Å². The molecule has 6 heteroatoms. The van der Waals surface area contributed by atoms with Crippen LogP contribution in [0.5, 0.6) is 0 Å². The second kappa shape index (κ2) is 6.18. The van der Waals surface area contributed by atoms with Crippen molar-refractivity contribution < 1.29 is 19.2 Å². The smallest absolute Gasteiger partial charge is 0.303 e. The third kappa shape index (κ3) is 4.20. The number of carbonyl (C=O) groups is 2. The van der Waals surface area contributed by atoms with Gasteiger partial charge in [-0.2, -0.15) is 0 Å². The molecule has 0 radical (unpaired) electrons. The number of carboxylic acid groups (broad SMARTS) is 1. The van der Waals surface area contributed by atoms with Crippen LogP contribution in [0.1, 0.15) is 36.8 Å². The van der Waals surface area contributed by atoms with Gasteiger partial charge in [-0.25, -0.2) is 0 Å². The summed E-state index contributed by atoms with van der Waals surface area (Å²) in [6.45, 7) is 5.33. The first-order chi connectivity index (χ1) is 8.40. The maximum Gasteiger partial charge on any atom is 0.303 e. The van der Waals surface area contributed by atoms with E-state index in [4.69, 9.17) is 9.63 Å². The molecule has 0 saturated carbocycles. The number of nitrogens with one attached hydrogen (secondary N) is 1. The highest BCUT2D eigenvalue weighted by Crippen LogP contribution is 2.12. The van der Waals surface area contributed by atoms with Crippen LogP contribution in [0.2, 0.25) is 0 Å². The predicted molar refractivity (Wildman–Crippen MR) is 64.2 cm³/mol. The molecule has 0 fully saturated rings. The first-order valence-electron chi connectivity index (χ1n) is 5.83. The van der Waals surface area contributed by atoms with Crippen molar-refractivity contribution in [3.63, 3.8) is 0 Å². The summed E-state index contributed by atoms with van der Waals surface area (Å²) in [4.78, 5) is 22.1. The molecule has 0 bridgehead atoms. The molecule has 0 saturated heterocycles. The number of carbonyl (C=O) groups excluding carboxylic acids is 1. The van der Waals surface area contributed by atoms with E-state index in [0.717, 1.165) is 5.56 Å². The summed E-state index contributed by atoms with van der Waals surface area (Å²) in [5.74, 6) is -0.370. The molecule has 1 aromatic rings. The van der Waals surface area contributed by atoms with E-state index in [1.165, 1.54) is 0 Å². The van der Waals surface area contributed by atoms with Gasteiger partial charge in [0, 0.05) is 18.0 Å². The molecule has 1 unspecified atom stereocenters. The van der Waals surface area contributed by atoms with Crippen molar-refractivity contribution >= 4 is 11.9 Å². The fourth-order valence-electron chi connectivity index (χ4n) is 1.65. The van der Waals surface area contributed by atoms with Crippen molar-refractivity contribution in [1.82, 2.24) is 10.5 Å². The van der Waals surface area contributed by atoms with Gasteiger partial charge in [-0.1, -0.05) is 5.16 Å². The van der Waals surface area contributed by atoms with E-state index < -0.39 is 5.97 Å². The molecule has 6 nitrogen and oxygen atoms in total. The van der Waals surface area contributed by atoms with Gasteiger partial charge in [0.2, 0.25) is 5.91 Å². The summed E-state index contributed by atoms with van der Waals surface area (Å²) in [5.41, 5.74) is 1.50. The normalized spacial score (nSPS) is 12.2. The van der Waals surface area contributed by atoms with Gasteiger partial charge in [0.25, 0.3) is 0 Å². The lowest BCUT2D eigenvalue weighted by atomic mass is 10.1. The molecule has 100 valence electrons. The average molecular weight is 254 g/mol. The first kappa shape index (κ1) is 14.2. The Morgan fingerprint density at radius 2 is 2.11 bits per heavy atom. The van der Waals surface area contributed by atoms with Gasteiger partial charge in [0.1, 0.15) is 5.76 Å². The highest BCUT2D eigenvalue weighted by molar-refractivity contribution is 5.79. The molecule has 18 heavy (non-hydrogen) atoms. The summed E-state index contributed by atoms with van der Waals surface area (Å²) in [6.07, 6.45) is 0.675. The Balaban J connectivity index is 2.44. The Labute approximate surface area is 105 Å². The van der Waals surface area contributed by atoms with Crippen molar-refractivity contribution in [3.05, 3.63) is 17.0 Å². The van der Waals surface area contributed by atoms with E-state index in [1.807, 2.05) is 0 Å².